The van der Waals surface area contributed by atoms with Crippen LogP contribution >= 0.6 is 0 Å². The van der Waals surface area contributed by atoms with Gasteiger partial charge in [-0.25, -0.2) is 0 Å². The van der Waals surface area contributed by atoms with Crippen LogP contribution in [0.5, 0.6) is 0 Å². The van der Waals surface area contributed by atoms with Gasteiger partial charge in [0.25, 0.3) is 0 Å². The summed E-state index contributed by atoms with van der Waals surface area (Å²) in [6.45, 7) is 0. The number of nitrogens with zero attached hydrogens (tertiary/aromatic N) is 3. The Labute approximate surface area is 77.0 Å². The second-order valence-corrected chi connectivity index (χ2v) is 3.96. The molecular formula is C6H9N3O3S. The van der Waals surface area contributed by atoms with Gasteiger partial charge in [-0.05, 0) is 0 Å². The Morgan fingerprint density at radius 3 is 2.92 bits per heavy atom. The predicted molar refractivity (Wildman–Crippen MR) is 45.4 cm³/mol. The number of hydrogen-bond donors (Lipinski definition) is 1. The van der Waals surface area contributed by atoms with E-state index in [-0.39, 0.29) is 11.5 Å². The summed E-state index contributed by atoms with van der Waals surface area (Å²) in [7, 11) is 0.288. The highest BCUT2D eigenvalue weighted by Crippen LogP contribution is 1.97. The number of aromatic nitrogens is 3. The van der Waals surface area contributed by atoms with Crippen LogP contribution in [0.2, 0.25) is 0 Å². The molecule has 0 spiro atoms. The highest BCUT2D eigenvalue weighted by Gasteiger charge is 2.08. The maximum Gasteiger partial charge on any atom is 0.316 e. The number of rotatable bonds is 4. The first-order valence-corrected chi connectivity index (χ1v) is 4.98. The van der Waals surface area contributed by atoms with Crippen molar-refractivity contribution in [2.75, 3.05) is 5.75 Å². The molecule has 0 aromatic carbocycles. The predicted octanol–water partition coefficient (Wildman–Crippen LogP) is -0.852. The van der Waals surface area contributed by atoms with E-state index in [1.807, 2.05) is 0 Å². The van der Waals surface area contributed by atoms with Gasteiger partial charge in [0, 0.05) is 24.0 Å². The van der Waals surface area contributed by atoms with Crippen LogP contribution in [-0.4, -0.2) is 36.0 Å². The monoisotopic (exact) mass is 203 g/mol. The minimum absolute atomic E-state index is 0.139. The number of carboxylic acid groups (broad SMARTS) is 1. The number of hydrogen-bond acceptors (Lipinski definition) is 4. The molecule has 6 nitrogen and oxygen atoms in total. The lowest BCUT2D eigenvalue weighted by Gasteiger charge is -1.93. The molecule has 1 aromatic rings. The Hall–Kier alpha value is -1.24. The summed E-state index contributed by atoms with van der Waals surface area (Å²) in [5.74, 6) is -1.28. The molecule has 0 saturated carbocycles. The van der Waals surface area contributed by atoms with Gasteiger partial charge in [0.05, 0.1) is 11.4 Å². The molecule has 1 aromatic heterocycles. The van der Waals surface area contributed by atoms with Gasteiger partial charge in [0.15, 0.2) is 0 Å². The molecular weight excluding hydrogens is 194 g/mol. The molecule has 0 saturated heterocycles. The molecule has 0 bridgehead atoms. The van der Waals surface area contributed by atoms with E-state index in [1.165, 1.54) is 4.68 Å². The van der Waals surface area contributed by atoms with Gasteiger partial charge in [-0.15, -0.1) is 5.10 Å². The zero-order valence-electron chi connectivity index (χ0n) is 7.01. The molecule has 0 amide bonds. The van der Waals surface area contributed by atoms with Crippen LogP contribution in [0, 0.1) is 0 Å². The van der Waals surface area contributed by atoms with Crippen LogP contribution in [0.1, 0.15) is 5.69 Å². The molecule has 1 heterocycles. The summed E-state index contributed by atoms with van der Waals surface area (Å²) < 4.78 is 12.6. The van der Waals surface area contributed by atoms with Crippen LogP contribution in [0.25, 0.3) is 0 Å². The van der Waals surface area contributed by atoms with E-state index in [9.17, 15) is 9.00 Å². The number of aliphatic carboxylic acids is 1. The standard InChI is InChI=1S/C6H9N3O3S/c1-9-2-5(7-8-9)3-13(12)4-6(10)11/h2H,3-4H2,1H3,(H,10,11). The summed E-state index contributed by atoms with van der Waals surface area (Å²) in [4.78, 5) is 10.2. The third-order valence-electron chi connectivity index (χ3n) is 1.24. The summed E-state index contributed by atoms with van der Waals surface area (Å²) in [5, 5.41) is 15.7. The zero-order chi connectivity index (χ0) is 9.84. The largest absolute Gasteiger partial charge is 0.481 e. The second kappa shape index (κ2) is 4.13. The van der Waals surface area contributed by atoms with E-state index < -0.39 is 16.8 Å². The topological polar surface area (TPSA) is 85.1 Å². The molecule has 0 radical (unpaired) electrons. The van der Waals surface area contributed by atoms with Crippen LogP contribution in [-0.2, 0) is 28.4 Å². The first kappa shape index (κ1) is 9.85. The molecule has 0 aliphatic rings. The number of carboxylic acids is 1. The highest BCUT2D eigenvalue weighted by atomic mass is 32.2. The van der Waals surface area contributed by atoms with Crippen LogP contribution in [0.4, 0.5) is 0 Å². The molecule has 13 heavy (non-hydrogen) atoms. The summed E-state index contributed by atoms with van der Waals surface area (Å²) in [6.07, 6.45) is 1.61. The Morgan fingerprint density at radius 2 is 2.46 bits per heavy atom. The molecule has 0 aliphatic carbocycles. The first-order valence-electron chi connectivity index (χ1n) is 3.50. The number of carbonyl (C=O) groups is 1. The quantitative estimate of drug-likeness (QED) is 0.688. The van der Waals surface area contributed by atoms with Crippen molar-refractivity contribution in [3.63, 3.8) is 0 Å². The van der Waals surface area contributed by atoms with Crippen LogP contribution in [0.15, 0.2) is 6.20 Å². The lowest BCUT2D eigenvalue weighted by molar-refractivity contribution is -0.133. The minimum atomic E-state index is -1.40. The van der Waals surface area contributed by atoms with Crippen molar-refractivity contribution in [1.82, 2.24) is 15.0 Å². The van der Waals surface area contributed by atoms with Crippen molar-refractivity contribution >= 4 is 16.8 Å². The first-order chi connectivity index (χ1) is 6.08. The van der Waals surface area contributed by atoms with Crippen LogP contribution < -0.4 is 0 Å². The molecule has 72 valence electrons. The van der Waals surface area contributed by atoms with Crippen molar-refractivity contribution in [1.29, 1.82) is 0 Å². The average molecular weight is 203 g/mol. The highest BCUT2D eigenvalue weighted by molar-refractivity contribution is 7.84. The Morgan fingerprint density at radius 1 is 1.77 bits per heavy atom. The van der Waals surface area contributed by atoms with Gasteiger partial charge in [-0.2, -0.15) is 0 Å². The van der Waals surface area contributed by atoms with Gasteiger partial charge in [0.1, 0.15) is 5.75 Å². The molecule has 7 heteroatoms. The van der Waals surface area contributed by atoms with Gasteiger partial charge in [0.2, 0.25) is 0 Å². The normalized spacial score (nSPS) is 12.7. The Kier molecular flexibility index (Phi) is 3.13. The molecule has 0 fully saturated rings. The molecule has 1 unspecified atom stereocenters. The van der Waals surface area contributed by atoms with Crippen molar-refractivity contribution in [2.45, 2.75) is 5.75 Å². The summed E-state index contributed by atoms with van der Waals surface area (Å²) in [6, 6.07) is 0. The zero-order valence-corrected chi connectivity index (χ0v) is 7.82. The SMILES string of the molecule is Cn1cc(CS(=O)CC(=O)O)nn1. The van der Waals surface area contributed by atoms with Gasteiger partial charge >= 0.3 is 5.97 Å². The molecule has 1 atom stereocenters. The lowest BCUT2D eigenvalue weighted by atomic mass is 10.6. The fraction of sp³-hybridized carbons (Fsp3) is 0.500. The van der Waals surface area contributed by atoms with E-state index in [0.717, 1.165) is 0 Å². The average Bonchev–Trinajstić information content (AvgIpc) is 2.33. The number of aryl methyl sites for hydroxylation is 1. The van der Waals surface area contributed by atoms with Gasteiger partial charge < -0.3 is 5.11 Å². The fourth-order valence-electron chi connectivity index (χ4n) is 0.815. The van der Waals surface area contributed by atoms with Gasteiger partial charge in [-0.1, -0.05) is 5.21 Å². The lowest BCUT2D eigenvalue weighted by Crippen LogP contribution is -2.10. The van der Waals surface area contributed by atoms with Gasteiger partial charge in [-0.3, -0.25) is 13.7 Å². The van der Waals surface area contributed by atoms with Crippen molar-refractivity contribution in [2.24, 2.45) is 7.05 Å². The van der Waals surface area contributed by atoms with E-state index in [4.69, 9.17) is 5.11 Å². The molecule has 0 aliphatic heterocycles. The van der Waals surface area contributed by atoms with Crippen molar-refractivity contribution in [3.05, 3.63) is 11.9 Å². The van der Waals surface area contributed by atoms with Crippen LogP contribution in [0.3, 0.4) is 0 Å². The Balaban J connectivity index is 2.50. The third-order valence-corrected chi connectivity index (χ3v) is 2.43. The van der Waals surface area contributed by atoms with Crippen molar-refractivity contribution in [3.8, 4) is 0 Å². The fourth-order valence-corrected chi connectivity index (χ4v) is 1.65. The maximum atomic E-state index is 11.1. The molecule has 1 rings (SSSR count). The van der Waals surface area contributed by atoms with E-state index in [1.54, 1.807) is 13.2 Å². The summed E-state index contributed by atoms with van der Waals surface area (Å²) >= 11 is 0. The second-order valence-electron chi connectivity index (χ2n) is 2.51. The van der Waals surface area contributed by atoms with E-state index in [0.29, 0.717) is 5.69 Å². The minimum Gasteiger partial charge on any atom is -0.481 e. The third kappa shape index (κ3) is 3.32. The van der Waals surface area contributed by atoms with E-state index >= 15 is 0 Å². The summed E-state index contributed by atoms with van der Waals surface area (Å²) in [5.41, 5.74) is 0.544. The Bertz CT molecular complexity index is 336. The maximum absolute atomic E-state index is 11.1. The molecule has 1 N–H and O–H groups in total. The van der Waals surface area contributed by atoms with Crippen molar-refractivity contribution < 1.29 is 14.1 Å². The van der Waals surface area contributed by atoms with E-state index in [2.05, 4.69) is 10.3 Å². The smallest absolute Gasteiger partial charge is 0.316 e.